The van der Waals surface area contributed by atoms with Crippen molar-refractivity contribution in [2.45, 2.75) is 32.9 Å². The molecule has 7 heteroatoms. The van der Waals surface area contributed by atoms with Crippen molar-refractivity contribution < 1.29 is 4.79 Å². The van der Waals surface area contributed by atoms with Gasteiger partial charge >= 0.3 is 0 Å². The minimum Gasteiger partial charge on any atom is -0.368 e. The largest absolute Gasteiger partial charge is 0.368 e. The molecule has 0 saturated carbocycles. The number of aromatic nitrogens is 2. The molecular formula is C26H32ClN5O. The van der Waals surface area contributed by atoms with Gasteiger partial charge in [-0.15, -0.1) is 0 Å². The summed E-state index contributed by atoms with van der Waals surface area (Å²) in [5.41, 5.74) is 3.42. The lowest BCUT2D eigenvalue weighted by molar-refractivity contribution is -0.137. The number of piperidine rings is 1. The summed E-state index contributed by atoms with van der Waals surface area (Å²) in [7, 11) is 0. The van der Waals surface area contributed by atoms with E-state index in [1.165, 1.54) is 11.2 Å². The van der Waals surface area contributed by atoms with E-state index in [0.29, 0.717) is 5.91 Å². The van der Waals surface area contributed by atoms with Crippen LogP contribution >= 0.6 is 11.6 Å². The molecule has 2 fully saturated rings. The summed E-state index contributed by atoms with van der Waals surface area (Å²) < 4.78 is 2.30. The van der Waals surface area contributed by atoms with Crippen LogP contribution in [0.3, 0.4) is 0 Å². The standard InChI is InChI=1S/C26H32ClN5O/c1-2-32-24-8-4-3-7-23(24)28-25(32)19-29-13-5-6-20(18-29)26(33)31-16-14-30(15-17-31)22-11-9-21(27)10-12-22/h3-4,7-12,20H,2,5-6,13-19H2,1H3/t20-/m1/s1. The number of imidazole rings is 1. The fourth-order valence-corrected chi connectivity index (χ4v) is 5.42. The Morgan fingerprint density at radius 3 is 2.55 bits per heavy atom. The van der Waals surface area contributed by atoms with E-state index in [2.05, 4.69) is 56.5 Å². The van der Waals surface area contributed by atoms with Crippen LogP contribution in [-0.2, 0) is 17.9 Å². The Hall–Kier alpha value is -2.57. The predicted molar refractivity (Wildman–Crippen MR) is 134 cm³/mol. The fourth-order valence-electron chi connectivity index (χ4n) is 5.29. The van der Waals surface area contributed by atoms with E-state index < -0.39 is 0 Å². The lowest BCUT2D eigenvalue weighted by Crippen LogP contribution is -2.52. The molecule has 2 saturated heterocycles. The van der Waals surface area contributed by atoms with Crippen molar-refractivity contribution in [1.29, 1.82) is 0 Å². The maximum Gasteiger partial charge on any atom is 0.227 e. The second kappa shape index (κ2) is 9.74. The van der Waals surface area contributed by atoms with Gasteiger partial charge in [0.15, 0.2) is 0 Å². The van der Waals surface area contributed by atoms with Gasteiger partial charge in [0.2, 0.25) is 5.91 Å². The van der Waals surface area contributed by atoms with Crippen LogP contribution in [0.25, 0.3) is 11.0 Å². The first-order chi connectivity index (χ1) is 16.1. The van der Waals surface area contributed by atoms with Crippen LogP contribution in [-0.4, -0.2) is 64.5 Å². The summed E-state index contributed by atoms with van der Waals surface area (Å²) >= 11 is 6.02. The summed E-state index contributed by atoms with van der Waals surface area (Å²) in [6, 6.07) is 16.3. The molecule has 5 rings (SSSR count). The third kappa shape index (κ3) is 4.73. The molecule has 0 spiro atoms. The number of hydrogen-bond donors (Lipinski definition) is 0. The molecule has 1 atom stereocenters. The van der Waals surface area contributed by atoms with Gasteiger partial charge in [-0.25, -0.2) is 4.98 Å². The Kier molecular flexibility index (Phi) is 6.56. The van der Waals surface area contributed by atoms with Gasteiger partial charge in [-0.2, -0.15) is 0 Å². The maximum absolute atomic E-state index is 13.3. The number of piperazine rings is 1. The van der Waals surface area contributed by atoms with E-state index in [1.807, 2.05) is 18.2 Å². The summed E-state index contributed by atoms with van der Waals surface area (Å²) in [5.74, 6) is 1.50. The second-order valence-electron chi connectivity index (χ2n) is 9.12. The Balaban J connectivity index is 1.20. The zero-order valence-electron chi connectivity index (χ0n) is 19.3. The van der Waals surface area contributed by atoms with Gasteiger partial charge in [-0.1, -0.05) is 23.7 Å². The van der Waals surface area contributed by atoms with Crippen LogP contribution in [0.15, 0.2) is 48.5 Å². The van der Waals surface area contributed by atoms with Crippen molar-refractivity contribution in [2.24, 2.45) is 5.92 Å². The number of carbonyl (C=O) groups is 1. The number of hydrogen-bond acceptors (Lipinski definition) is 4. The zero-order valence-corrected chi connectivity index (χ0v) is 20.0. The van der Waals surface area contributed by atoms with Gasteiger partial charge in [-0.05, 0) is 62.7 Å². The first-order valence-electron chi connectivity index (χ1n) is 12.1. The van der Waals surface area contributed by atoms with Gasteiger partial charge in [-0.3, -0.25) is 9.69 Å². The van der Waals surface area contributed by atoms with E-state index in [0.717, 1.165) is 81.6 Å². The van der Waals surface area contributed by atoms with E-state index in [4.69, 9.17) is 16.6 Å². The summed E-state index contributed by atoms with van der Waals surface area (Å²) in [5, 5.41) is 0.754. The van der Waals surface area contributed by atoms with Crippen molar-refractivity contribution in [2.75, 3.05) is 44.2 Å². The molecular weight excluding hydrogens is 434 g/mol. The van der Waals surface area contributed by atoms with Gasteiger partial charge < -0.3 is 14.4 Å². The average Bonchev–Trinajstić information content (AvgIpc) is 3.21. The molecule has 6 nitrogen and oxygen atoms in total. The van der Waals surface area contributed by atoms with Crippen molar-refractivity contribution in [3.05, 3.63) is 59.4 Å². The molecule has 0 aliphatic carbocycles. The number of anilines is 1. The number of carbonyl (C=O) groups excluding carboxylic acids is 1. The normalized spacial score (nSPS) is 19.9. The highest BCUT2D eigenvalue weighted by Gasteiger charge is 2.31. The van der Waals surface area contributed by atoms with Crippen molar-refractivity contribution in [3.8, 4) is 0 Å². The lowest BCUT2D eigenvalue weighted by atomic mass is 9.96. The number of para-hydroxylation sites is 2. The van der Waals surface area contributed by atoms with Crippen LogP contribution in [0.2, 0.25) is 5.02 Å². The Labute approximate surface area is 200 Å². The quantitative estimate of drug-likeness (QED) is 0.564. The van der Waals surface area contributed by atoms with Crippen LogP contribution in [0.5, 0.6) is 0 Å². The minimum atomic E-state index is 0.0836. The van der Waals surface area contributed by atoms with E-state index >= 15 is 0 Å². The highest BCUT2D eigenvalue weighted by Crippen LogP contribution is 2.24. The highest BCUT2D eigenvalue weighted by molar-refractivity contribution is 6.30. The highest BCUT2D eigenvalue weighted by atomic mass is 35.5. The lowest BCUT2D eigenvalue weighted by Gasteiger charge is -2.39. The molecule has 174 valence electrons. The Morgan fingerprint density at radius 2 is 1.79 bits per heavy atom. The minimum absolute atomic E-state index is 0.0836. The van der Waals surface area contributed by atoms with Gasteiger partial charge in [0.25, 0.3) is 0 Å². The predicted octanol–water partition coefficient (Wildman–Crippen LogP) is 4.27. The maximum atomic E-state index is 13.3. The first-order valence-corrected chi connectivity index (χ1v) is 12.5. The molecule has 0 radical (unpaired) electrons. The molecule has 0 unspecified atom stereocenters. The molecule has 0 N–H and O–H groups in total. The number of rotatable bonds is 5. The third-order valence-electron chi connectivity index (χ3n) is 7.05. The smallest absolute Gasteiger partial charge is 0.227 e. The number of nitrogens with zero attached hydrogens (tertiary/aromatic N) is 5. The van der Waals surface area contributed by atoms with Crippen molar-refractivity contribution in [3.63, 3.8) is 0 Å². The second-order valence-corrected chi connectivity index (χ2v) is 9.56. The number of benzene rings is 2. The molecule has 2 aromatic carbocycles. The monoisotopic (exact) mass is 465 g/mol. The molecule has 33 heavy (non-hydrogen) atoms. The number of amides is 1. The molecule has 0 bridgehead atoms. The van der Waals surface area contributed by atoms with Crippen molar-refractivity contribution in [1.82, 2.24) is 19.4 Å². The van der Waals surface area contributed by atoms with Crippen LogP contribution in [0.1, 0.15) is 25.6 Å². The van der Waals surface area contributed by atoms with E-state index in [9.17, 15) is 4.79 Å². The van der Waals surface area contributed by atoms with E-state index in [-0.39, 0.29) is 5.92 Å². The number of fused-ring (bicyclic) bond motifs is 1. The molecule has 1 amide bonds. The molecule has 2 aliphatic heterocycles. The number of likely N-dealkylation sites (tertiary alicyclic amines) is 1. The number of aryl methyl sites for hydroxylation is 1. The first kappa shape index (κ1) is 22.2. The van der Waals surface area contributed by atoms with Crippen LogP contribution in [0.4, 0.5) is 5.69 Å². The van der Waals surface area contributed by atoms with Crippen molar-refractivity contribution >= 4 is 34.2 Å². The average molecular weight is 466 g/mol. The van der Waals surface area contributed by atoms with Gasteiger partial charge in [0.1, 0.15) is 5.82 Å². The summed E-state index contributed by atoms with van der Waals surface area (Å²) in [6.07, 6.45) is 2.05. The third-order valence-corrected chi connectivity index (χ3v) is 7.30. The van der Waals surface area contributed by atoms with Gasteiger partial charge in [0.05, 0.1) is 23.5 Å². The molecule has 2 aliphatic rings. The summed E-state index contributed by atoms with van der Waals surface area (Å²) in [4.78, 5) is 25.1. The van der Waals surface area contributed by atoms with Crippen LogP contribution in [0, 0.1) is 5.92 Å². The Bertz CT molecular complexity index is 1100. The number of halogens is 1. The SMILES string of the molecule is CCn1c(CN2CCC[C@@H](C(=O)N3CCN(c4ccc(Cl)cc4)CC3)C2)nc2ccccc21. The topological polar surface area (TPSA) is 44.6 Å². The molecule has 1 aromatic heterocycles. The summed E-state index contributed by atoms with van der Waals surface area (Å²) in [6.45, 7) is 9.02. The zero-order chi connectivity index (χ0) is 22.8. The molecule has 3 aromatic rings. The Morgan fingerprint density at radius 1 is 1.03 bits per heavy atom. The molecule has 3 heterocycles. The van der Waals surface area contributed by atoms with Crippen LogP contribution < -0.4 is 4.90 Å². The van der Waals surface area contributed by atoms with Gasteiger partial charge in [0, 0.05) is 50.0 Å². The van der Waals surface area contributed by atoms with E-state index in [1.54, 1.807) is 0 Å². The fraction of sp³-hybridized carbons (Fsp3) is 0.462.